The van der Waals surface area contributed by atoms with Crippen LogP contribution in [-0.2, 0) is 32.0 Å². The van der Waals surface area contributed by atoms with Gasteiger partial charge in [0.2, 0.25) is 0 Å². The molecule has 2 fully saturated rings. The topological polar surface area (TPSA) is 76.3 Å². The second-order valence-electron chi connectivity index (χ2n) is 9.63. The second-order valence-corrected chi connectivity index (χ2v) is 9.63. The maximum atomic E-state index is 13.4. The highest BCUT2D eigenvalue weighted by molar-refractivity contribution is 5.92. The van der Waals surface area contributed by atoms with Gasteiger partial charge in [-0.25, -0.2) is 4.98 Å². The molecule has 8 heteroatoms. The van der Waals surface area contributed by atoms with Crippen LogP contribution in [0.1, 0.15) is 53.3 Å². The van der Waals surface area contributed by atoms with E-state index in [2.05, 4.69) is 10.00 Å². The zero-order valence-electron chi connectivity index (χ0n) is 17.5. The Labute approximate surface area is 175 Å². The molecule has 1 spiro atoms. The van der Waals surface area contributed by atoms with Crippen LogP contribution in [-0.4, -0.2) is 61.2 Å². The predicted octanol–water partition coefficient (Wildman–Crippen LogP) is 0.933. The SMILES string of the molecule is Cn1ccc(C(=O)N2CCc3nc4n(c(=O)c3C2)CC[C@]42CCN(CC3CC3)C2)n1. The highest BCUT2D eigenvalue weighted by Crippen LogP contribution is 2.42. The van der Waals surface area contributed by atoms with Crippen molar-refractivity contribution < 1.29 is 4.79 Å². The first-order valence-electron chi connectivity index (χ1n) is 11.2. The zero-order valence-corrected chi connectivity index (χ0v) is 17.5. The minimum Gasteiger partial charge on any atom is -0.332 e. The molecule has 4 aliphatic rings. The average molecular weight is 409 g/mol. The lowest BCUT2D eigenvalue weighted by Gasteiger charge is -2.29. The van der Waals surface area contributed by atoms with Gasteiger partial charge in [-0.3, -0.25) is 18.8 Å². The summed E-state index contributed by atoms with van der Waals surface area (Å²) < 4.78 is 3.54. The molecule has 1 saturated carbocycles. The number of hydrogen-bond acceptors (Lipinski definition) is 5. The summed E-state index contributed by atoms with van der Waals surface area (Å²) in [4.78, 5) is 35.6. The Morgan fingerprint density at radius 3 is 2.83 bits per heavy atom. The van der Waals surface area contributed by atoms with Gasteiger partial charge in [-0.1, -0.05) is 0 Å². The van der Waals surface area contributed by atoms with Crippen molar-refractivity contribution in [2.24, 2.45) is 13.0 Å². The summed E-state index contributed by atoms with van der Waals surface area (Å²) in [7, 11) is 1.80. The number of nitrogens with zero attached hydrogens (tertiary/aromatic N) is 6. The van der Waals surface area contributed by atoms with Crippen LogP contribution < -0.4 is 5.56 Å². The molecule has 1 aliphatic carbocycles. The summed E-state index contributed by atoms with van der Waals surface area (Å²) in [5.74, 6) is 1.78. The third kappa shape index (κ3) is 2.84. The van der Waals surface area contributed by atoms with Crippen molar-refractivity contribution in [3.8, 4) is 0 Å². The van der Waals surface area contributed by atoms with E-state index in [1.54, 1.807) is 28.9 Å². The molecule has 6 rings (SSSR count). The molecule has 5 heterocycles. The predicted molar refractivity (Wildman–Crippen MR) is 110 cm³/mol. The van der Waals surface area contributed by atoms with Crippen LogP contribution >= 0.6 is 0 Å². The molecule has 1 amide bonds. The molecular formula is C22H28N6O2. The van der Waals surface area contributed by atoms with E-state index in [0.717, 1.165) is 49.9 Å². The zero-order chi connectivity index (χ0) is 20.5. The van der Waals surface area contributed by atoms with Gasteiger partial charge >= 0.3 is 0 Å². The van der Waals surface area contributed by atoms with Gasteiger partial charge < -0.3 is 9.80 Å². The summed E-state index contributed by atoms with van der Waals surface area (Å²) >= 11 is 0. The smallest absolute Gasteiger partial charge is 0.274 e. The van der Waals surface area contributed by atoms with Gasteiger partial charge in [0.1, 0.15) is 11.5 Å². The lowest BCUT2D eigenvalue weighted by atomic mass is 9.85. The first-order chi connectivity index (χ1) is 14.5. The molecule has 0 radical (unpaired) electrons. The second kappa shape index (κ2) is 6.51. The number of rotatable bonds is 3. The summed E-state index contributed by atoms with van der Waals surface area (Å²) in [6.45, 7) is 5.03. The lowest BCUT2D eigenvalue weighted by molar-refractivity contribution is 0.0725. The van der Waals surface area contributed by atoms with Crippen LogP contribution in [0.5, 0.6) is 0 Å². The van der Waals surface area contributed by atoms with E-state index in [-0.39, 0.29) is 16.9 Å². The summed E-state index contributed by atoms with van der Waals surface area (Å²) in [6.07, 6.45) is 7.27. The third-order valence-electron chi connectivity index (χ3n) is 7.47. The van der Waals surface area contributed by atoms with Crippen LogP contribution in [0.25, 0.3) is 0 Å². The largest absolute Gasteiger partial charge is 0.332 e. The first-order valence-corrected chi connectivity index (χ1v) is 11.2. The number of carbonyl (C=O) groups excluding carboxylic acids is 1. The molecule has 0 aromatic carbocycles. The monoisotopic (exact) mass is 408 g/mol. The molecule has 1 atom stereocenters. The van der Waals surface area contributed by atoms with E-state index in [9.17, 15) is 9.59 Å². The number of aromatic nitrogens is 4. The van der Waals surface area contributed by atoms with E-state index < -0.39 is 0 Å². The fraction of sp³-hybridized carbons (Fsp3) is 0.636. The quantitative estimate of drug-likeness (QED) is 0.755. The molecular weight excluding hydrogens is 380 g/mol. The van der Waals surface area contributed by atoms with Crippen molar-refractivity contribution in [2.45, 2.75) is 50.6 Å². The molecule has 30 heavy (non-hydrogen) atoms. The number of hydrogen-bond donors (Lipinski definition) is 0. The summed E-state index contributed by atoms with van der Waals surface area (Å²) in [6, 6.07) is 1.73. The van der Waals surface area contributed by atoms with Gasteiger partial charge in [-0.05, 0) is 44.2 Å². The van der Waals surface area contributed by atoms with Gasteiger partial charge in [0.25, 0.3) is 11.5 Å². The first kappa shape index (κ1) is 18.3. The highest BCUT2D eigenvalue weighted by Gasteiger charge is 2.47. The molecule has 158 valence electrons. The van der Waals surface area contributed by atoms with Crippen LogP contribution in [0.2, 0.25) is 0 Å². The van der Waals surface area contributed by atoms with Crippen molar-refractivity contribution in [1.82, 2.24) is 29.1 Å². The number of carbonyl (C=O) groups is 1. The van der Waals surface area contributed by atoms with Crippen molar-refractivity contribution >= 4 is 5.91 Å². The van der Waals surface area contributed by atoms with E-state index in [0.29, 0.717) is 30.8 Å². The summed E-state index contributed by atoms with van der Waals surface area (Å²) in [5.41, 5.74) is 2.13. The van der Waals surface area contributed by atoms with E-state index in [4.69, 9.17) is 4.98 Å². The van der Waals surface area contributed by atoms with Crippen molar-refractivity contribution in [3.05, 3.63) is 45.4 Å². The third-order valence-corrected chi connectivity index (χ3v) is 7.47. The average Bonchev–Trinajstić information content (AvgIpc) is 3.14. The Balaban J connectivity index is 1.28. The van der Waals surface area contributed by atoms with Gasteiger partial charge in [0.15, 0.2) is 0 Å². The molecule has 0 unspecified atom stereocenters. The van der Waals surface area contributed by atoms with E-state index in [1.807, 2.05) is 4.57 Å². The number of fused-ring (bicyclic) bond motifs is 3. The van der Waals surface area contributed by atoms with Gasteiger partial charge in [-0.2, -0.15) is 5.10 Å². The lowest BCUT2D eigenvalue weighted by Crippen LogP contribution is -2.42. The molecule has 8 nitrogen and oxygen atoms in total. The maximum absolute atomic E-state index is 13.4. The standard InChI is InChI=1S/C22H28N6O2/c1-25-8-4-18(24-25)20(30)27-9-5-17-16(13-27)19(29)28-11-7-22(21(28)23-17)6-10-26(14-22)12-15-2-3-15/h4,8,15H,2-3,5-7,9-14H2,1H3/t22-/m0/s1. The number of likely N-dealkylation sites (tertiary alicyclic amines) is 1. The van der Waals surface area contributed by atoms with Crippen LogP contribution in [0.3, 0.4) is 0 Å². The molecule has 3 aliphatic heterocycles. The van der Waals surface area contributed by atoms with Crippen LogP contribution in [0.15, 0.2) is 17.1 Å². The Kier molecular flexibility index (Phi) is 3.97. The van der Waals surface area contributed by atoms with E-state index in [1.165, 1.54) is 19.4 Å². The Hall–Kier alpha value is -2.48. The maximum Gasteiger partial charge on any atom is 0.274 e. The van der Waals surface area contributed by atoms with Gasteiger partial charge in [0.05, 0.1) is 17.8 Å². The van der Waals surface area contributed by atoms with Gasteiger partial charge in [-0.15, -0.1) is 0 Å². The molecule has 2 aromatic heterocycles. The van der Waals surface area contributed by atoms with Crippen LogP contribution in [0, 0.1) is 5.92 Å². The molecule has 2 aromatic rings. The minimum absolute atomic E-state index is 0.0456. The highest BCUT2D eigenvalue weighted by atomic mass is 16.2. The Bertz CT molecular complexity index is 1080. The van der Waals surface area contributed by atoms with Crippen molar-refractivity contribution in [2.75, 3.05) is 26.2 Å². The van der Waals surface area contributed by atoms with Crippen LogP contribution in [0.4, 0.5) is 0 Å². The van der Waals surface area contributed by atoms with Crippen molar-refractivity contribution in [3.63, 3.8) is 0 Å². The normalized spacial score (nSPS) is 25.7. The fourth-order valence-electron chi connectivity index (χ4n) is 5.60. The Morgan fingerprint density at radius 2 is 2.07 bits per heavy atom. The minimum atomic E-state index is -0.117. The summed E-state index contributed by atoms with van der Waals surface area (Å²) in [5, 5.41) is 4.22. The Morgan fingerprint density at radius 1 is 1.23 bits per heavy atom. The fourth-order valence-corrected chi connectivity index (χ4v) is 5.60. The number of aryl methyl sites for hydroxylation is 1. The number of amides is 1. The molecule has 1 saturated heterocycles. The molecule has 0 N–H and O–H groups in total. The van der Waals surface area contributed by atoms with E-state index >= 15 is 0 Å². The van der Waals surface area contributed by atoms with Gasteiger partial charge in [0, 0.05) is 51.3 Å². The van der Waals surface area contributed by atoms with Crippen molar-refractivity contribution in [1.29, 1.82) is 0 Å². The molecule has 0 bridgehead atoms.